The van der Waals surface area contributed by atoms with E-state index in [-0.39, 0.29) is 6.61 Å². The maximum absolute atomic E-state index is 9.37. The zero-order valence-electron chi connectivity index (χ0n) is 13.6. The van der Waals surface area contributed by atoms with E-state index in [2.05, 4.69) is 26.1 Å². The number of piperazine rings is 1. The highest BCUT2D eigenvalue weighted by Gasteiger charge is 2.23. The third kappa shape index (κ3) is 3.32. The van der Waals surface area contributed by atoms with Gasteiger partial charge in [0.05, 0.1) is 19.4 Å². The fourth-order valence-corrected chi connectivity index (χ4v) is 2.74. The molecule has 0 unspecified atom stereocenters. The molecule has 0 atom stereocenters. The van der Waals surface area contributed by atoms with Crippen molar-refractivity contribution >= 4 is 5.82 Å². The number of β-amino-alcohol motifs (C(OH)–C–C–N with tert-alkyl or cyclic N) is 1. The van der Waals surface area contributed by atoms with Crippen LogP contribution in [0.5, 0.6) is 5.75 Å². The summed E-state index contributed by atoms with van der Waals surface area (Å²) in [7, 11) is 1.61. The lowest BCUT2D eigenvalue weighted by atomic mass is 10.3. The summed E-state index contributed by atoms with van der Waals surface area (Å²) in [5.74, 6) is 1.36. The normalized spacial score (nSPS) is 15.3. The number of aliphatic hydroxyl groups is 1. The molecule has 1 aromatic carbocycles. The standard InChI is InChI=1S/C16H20N6O2/c1-24-14-4-2-13(3-5-14)22-18-15(12-17)16(19-22)21-8-6-20(7-9-21)10-11-23/h2-5,23H,6-11H2,1H3. The number of ether oxygens (including phenoxy) is 1. The molecule has 1 aliphatic rings. The van der Waals surface area contributed by atoms with E-state index < -0.39 is 0 Å². The number of aromatic nitrogens is 3. The second-order valence-electron chi connectivity index (χ2n) is 5.52. The fraction of sp³-hybridized carbons (Fsp3) is 0.438. The van der Waals surface area contributed by atoms with Crippen molar-refractivity contribution in [2.75, 3.05) is 51.3 Å². The average Bonchev–Trinajstić information content (AvgIpc) is 3.07. The molecule has 3 rings (SSSR count). The van der Waals surface area contributed by atoms with E-state index in [0.717, 1.165) is 37.6 Å². The predicted molar refractivity (Wildman–Crippen MR) is 88.4 cm³/mol. The van der Waals surface area contributed by atoms with Crippen molar-refractivity contribution < 1.29 is 9.84 Å². The summed E-state index contributed by atoms with van der Waals surface area (Å²) >= 11 is 0. The van der Waals surface area contributed by atoms with Crippen LogP contribution in [0.15, 0.2) is 24.3 Å². The van der Waals surface area contributed by atoms with E-state index in [4.69, 9.17) is 9.84 Å². The van der Waals surface area contributed by atoms with Gasteiger partial charge in [0.15, 0.2) is 5.82 Å². The first-order chi connectivity index (χ1) is 11.7. The zero-order valence-corrected chi connectivity index (χ0v) is 13.6. The summed E-state index contributed by atoms with van der Waals surface area (Å²) < 4.78 is 5.15. The third-order valence-electron chi connectivity index (χ3n) is 4.09. The Kier molecular flexibility index (Phi) is 4.93. The summed E-state index contributed by atoms with van der Waals surface area (Å²) in [4.78, 5) is 5.74. The van der Waals surface area contributed by atoms with Crippen molar-refractivity contribution in [2.24, 2.45) is 0 Å². The molecule has 0 aliphatic carbocycles. The predicted octanol–water partition coefficient (Wildman–Crippen LogP) is 0.262. The Hall–Kier alpha value is -2.63. The van der Waals surface area contributed by atoms with Gasteiger partial charge in [0, 0.05) is 32.7 Å². The van der Waals surface area contributed by atoms with Crippen LogP contribution in [0.3, 0.4) is 0 Å². The van der Waals surface area contributed by atoms with Gasteiger partial charge in [-0.05, 0) is 24.3 Å². The summed E-state index contributed by atoms with van der Waals surface area (Å²) in [5.41, 5.74) is 1.10. The van der Waals surface area contributed by atoms with Crippen molar-refractivity contribution in [1.82, 2.24) is 19.9 Å². The number of nitriles is 1. The first-order valence-electron chi connectivity index (χ1n) is 7.85. The number of hydrogen-bond acceptors (Lipinski definition) is 7. The minimum absolute atomic E-state index is 0.164. The molecule has 0 saturated carbocycles. The highest BCUT2D eigenvalue weighted by molar-refractivity contribution is 5.51. The molecule has 0 amide bonds. The van der Waals surface area contributed by atoms with Gasteiger partial charge in [-0.3, -0.25) is 4.90 Å². The number of hydrogen-bond donors (Lipinski definition) is 1. The van der Waals surface area contributed by atoms with Gasteiger partial charge in [-0.25, -0.2) is 0 Å². The SMILES string of the molecule is COc1ccc(-n2nc(C#N)c(N3CCN(CCO)CC3)n2)cc1. The highest BCUT2D eigenvalue weighted by atomic mass is 16.5. The van der Waals surface area contributed by atoms with Gasteiger partial charge in [-0.15, -0.1) is 15.0 Å². The van der Waals surface area contributed by atoms with E-state index in [0.29, 0.717) is 18.1 Å². The molecule has 8 nitrogen and oxygen atoms in total. The molecule has 0 bridgehead atoms. The van der Waals surface area contributed by atoms with Crippen LogP contribution in [-0.4, -0.2) is 71.4 Å². The van der Waals surface area contributed by atoms with E-state index in [9.17, 15) is 5.26 Å². The molecular weight excluding hydrogens is 308 g/mol. The van der Waals surface area contributed by atoms with Crippen LogP contribution in [0.2, 0.25) is 0 Å². The van der Waals surface area contributed by atoms with Gasteiger partial charge in [0.25, 0.3) is 0 Å². The molecule has 2 aromatic rings. The van der Waals surface area contributed by atoms with Crippen LogP contribution in [0, 0.1) is 11.3 Å². The molecule has 24 heavy (non-hydrogen) atoms. The number of benzene rings is 1. The molecular formula is C16H20N6O2. The minimum Gasteiger partial charge on any atom is -0.497 e. The quantitative estimate of drug-likeness (QED) is 0.842. The van der Waals surface area contributed by atoms with E-state index in [1.165, 1.54) is 4.80 Å². The van der Waals surface area contributed by atoms with Crippen molar-refractivity contribution in [3.63, 3.8) is 0 Å². The minimum atomic E-state index is 0.164. The Bertz CT molecular complexity index is 713. The van der Waals surface area contributed by atoms with Gasteiger partial charge in [0.1, 0.15) is 11.8 Å². The van der Waals surface area contributed by atoms with Crippen molar-refractivity contribution in [1.29, 1.82) is 5.26 Å². The van der Waals surface area contributed by atoms with E-state index in [1.807, 2.05) is 24.3 Å². The number of nitrogens with zero attached hydrogens (tertiary/aromatic N) is 6. The van der Waals surface area contributed by atoms with Crippen LogP contribution in [0.4, 0.5) is 5.82 Å². The first-order valence-corrected chi connectivity index (χ1v) is 7.85. The molecule has 1 N–H and O–H groups in total. The number of methoxy groups -OCH3 is 1. The van der Waals surface area contributed by atoms with Gasteiger partial charge < -0.3 is 14.7 Å². The molecule has 0 radical (unpaired) electrons. The molecule has 126 valence electrons. The number of aliphatic hydroxyl groups excluding tert-OH is 1. The van der Waals surface area contributed by atoms with Gasteiger partial charge >= 0.3 is 0 Å². The Morgan fingerprint density at radius 1 is 1.17 bits per heavy atom. The van der Waals surface area contributed by atoms with Crippen molar-refractivity contribution in [2.45, 2.75) is 0 Å². The van der Waals surface area contributed by atoms with Crippen LogP contribution in [0.1, 0.15) is 5.69 Å². The monoisotopic (exact) mass is 328 g/mol. The Labute approximate surface area is 140 Å². The Morgan fingerprint density at radius 3 is 2.46 bits per heavy atom. The van der Waals surface area contributed by atoms with Crippen LogP contribution in [0.25, 0.3) is 5.69 Å². The van der Waals surface area contributed by atoms with E-state index in [1.54, 1.807) is 7.11 Å². The maximum Gasteiger partial charge on any atom is 0.207 e. The molecule has 1 saturated heterocycles. The Balaban J connectivity index is 1.79. The Morgan fingerprint density at radius 2 is 1.88 bits per heavy atom. The maximum atomic E-state index is 9.37. The number of anilines is 1. The molecule has 1 aromatic heterocycles. The molecule has 1 fully saturated rings. The molecule has 2 heterocycles. The van der Waals surface area contributed by atoms with Gasteiger partial charge in [0.2, 0.25) is 5.69 Å². The summed E-state index contributed by atoms with van der Waals surface area (Å²) in [5, 5.41) is 27.2. The number of rotatable bonds is 5. The van der Waals surface area contributed by atoms with Crippen LogP contribution >= 0.6 is 0 Å². The lowest BCUT2D eigenvalue weighted by Crippen LogP contribution is -2.47. The topological polar surface area (TPSA) is 90.4 Å². The molecule has 1 aliphatic heterocycles. The van der Waals surface area contributed by atoms with Crippen molar-refractivity contribution in [3.05, 3.63) is 30.0 Å². The smallest absolute Gasteiger partial charge is 0.207 e. The van der Waals surface area contributed by atoms with E-state index >= 15 is 0 Å². The lowest BCUT2D eigenvalue weighted by molar-refractivity contribution is 0.188. The third-order valence-corrected chi connectivity index (χ3v) is 4.09. The zero-order chi connectivity index (χ0) is 16.9. The van der Waals surface area contributed by atoms with Crippen LogP contribution in [-0.2, 0) is 0 Å². The largest absolute Gasteiger partial charge is 0.497 e. The molecule has 8 heteroatoms. The lowest BCUT2D eigenvalue weighted by Gasteiger charge is -2.34. The first kappa shape index (κ1) is 16.2. The summed E-state index contributed by atoms with van der Waals surface area (Å²) in [6, 6.07) is 9.49. The van der Waals surface area contributed by atoms with Gasteiger partial charge in [-0.2, -0.15) is 5.26 Å². The van der Waals surface area contributed by atoms with Crippen molar-refractivity contribution in [3.8, 4) is 17.5 Å². The fourth-order valence-electron chi connectivity index (χ4n) is 2.74. The van der Waals surface area contributed by atoms with Crippen LogP contribution < -0.4 is 9.64 Å². The highest BCUT2D eigenvalue weighted by Crippen LogP contribution is 2.20. The average molecular weight is 328 g/mol. The second kappa shape index (κ2) is 7.29. The summed E-state index contributed by atoms with van der Waals surface area (Å²) in [6.45, 7) is 4.03. The second-order valence-corrected chi connectivity index (χ2v) is 5.52. The summed E-state index contributed by atoms with van der Waals surface area (Å²) in [6.07, 6.45) is 0. The molecule has 0 spiro atoms. The van der Waals surface area contributed by atoms with Gasteiger partial charge in [-0.1, -0.05) is 0 Å².